The average Bonchev–Trinajstić information content (AvgIpc) is 2.72. The second-order valence-corrected chi connectivity index (χ2v) is 4.97. The van der Waals surface area contributed by atoms with Gasteiger partial charge in [-0.1, -0.05) is 20.8 Å². The fourth-order valence-electron chi connectivity index (χ4n) is 1.68. The number of esters is 1. The molecule has 1 fully saturated rings. The molecule has 0 bridgehead atoms. The molecule has 1 aliphatic rings. The summed E-state index contributed by atoms with van der Waals surface area (Å²) in [6, 6.07) is 0. The maximum absolute atomic E-state index is 11.1. The van der Waals surface area contributed by atoms with Crippen LogP contribution in [0.4, 0.5) is 0 Å². The van der Waals surface area contributed by atoms with Crippen LogP contribution in [0.15, 0.2) is 0 Å². The quantitative estimate of drug-likeness (QED) is 0.681. The van der Waals surface area contributed by atoms with Crippen LogP contribution in [-0.4, -0.2) is 26.2 Å². The van der Waals surface area contributed by atoms with E-state index in [1.807, 2.05) is 6.92 Å². The lowest BCUT2D eigenvalue weighted by Gasteiger charge is -2.10. The van der Waals surface area contributed by atoms with Crippen LogP contribution in [0.5, 0.6) is 0 Å². The van der Waals surface area contributed by atoms with Gasteiger partial charge in [0, 0.05) is 6.54 Å². The molecular formula is C11H21NO2. The highest BCUT2D eigenvalue weighted by Gasteiger charge is 2.44. The van der Waals surface area contributed by atoms with E-state index in [1.165, 1.54) is 13.5 Å². The summed E-state index contributed by atoms with van der Waals surface area (Å²) in [5.41, 5.74) is 0.515. The van der Waals surface area contributed by atoms with E-state index in [0.717, 1.165) is 19.0 Å². The minimum Gasteiger partial charge on any atom is -0.469 e. The van der Waals surface area contributed by atoms with Gasteiger partial charge in [-0.05, 0) is 24.3 Å². The van der Waals surface area contributed by atoms with Crippen molar-refractivity contribution in [2.45, 2.75) is 27.2 Å². The molecule has 0 aromatic rings. The van der Waals surface area contributed by atoms with E-state index < -0.39 is 0 Å². The van der Waals surface area contributed by atoms with Gasteiger partial charge in [0.2, 0.25) is 0 Å². The molecule has 82 valence electrons. The van der Waals surface area contributed by atoms with Gasteiger partial charge in [-0.3, -0.25) is 4.79 Å². The van der Waals surface area contributed by atoms with Crippen molar-refractivity contribution in [3.05, 3.63) is 0 Å². The summed E-state index contributed by atoms with van der Waals surface area (Å²) in [6.07, 6.45) is 1.30. The predicted octanol–water partition coefficient (Wildman–Crippen LogP) is 1.43. The topological polar surface area (TPSA) is 38.3 Å². The zero-order chi connectivity index (χ0) is 10.8. The number of rotatable bonds is 5. The van der Waals surface area contributed by atoms with Gasteiger partial charge in [-0.2, -0.15) is 0 Å². The Kier molecular flexibility index (Phi) is 3.53. The smallest absolute Gasteiger partial charge is 0.309 e. The van der Waals surface area contributed by atoms with Crippen molar-refractivity contribution in [1.29, 1.82) is 0 Å². The van der Waals surface area contributed by atoms with E-state index in [2.05, 4.69) is 23.9 Å². The number of hydrogen-bond acceptors (Lipinski definition) is 3. The van der Waals surface area contributed by atoms with E-state index in [4.69, 9.17) is 0 Å². The Morgan fingerprint density at radius 1 is 1.64 bits per heavy atom. The fraction of sp³-hybridized carbons (Fsp3) is 0.909. The normalized spacial score (nSPS) is 25.6. The Balaban J connectivity index is 2.07. The van der Waals surface area contributed by atoms with Crippen molar-refractivity contribution >= 4 is 5.97 Å². The molecule has 1 saturated carbocycles. The second-order valence-electron chi connectivity index (χ2n) is 4.97. The summed E-state index contributed by atoms with van der Waals surface area (Å²) in [4.78, 5) is 11.1. The summed E-state index contributed by atoms with van der Waals surface area (Å²) in [5, 5.41) is 3.32. The molecule has 2 unspecified atom stereocenters. The summed E-state index contributed by atoms with van der Waals surface area (Å²) in [7, 11) is 1.43. The third kappa shape index (κ3) is 2.98. The van der Waals surface area contributed by atoms with Crippen molar-refractivity contribution in [1.82, 2.24) is 5.32 Å². The molecule has 3 heteroatoms. The summed E-state index contributed by atoms with van der Waals surface area (Å²) >= 11 is 0. The number of carbonyl (C=O) groups is 1. The van der Waals surface area contributed by atoms with Crippen molar-refractivity contribution in [3.63, 3.8) is 0 Å². The Morgan fingerprint density at radius 3 is 2.64 bits per heavy atom. The third-order valence-electron chi connectivity index (χ3n) is 3.16. The fourth-order valence-corrected chi connectivity index (χ4v) is 1.68. The van der Waals surface area contributed by atoms with Crippen LogP contribution in [0.25, 0.3) is 0 Å². The van der Waals surface area contributed by atoms with E-state index >= 15 is 0 Å². The molecule has 0 amide bonds. The Bertz CT molecular complexity index is 213. The average molecular weight is 199 g/mol. The first kappa shape index (κ1) is 11.5. The van der Waals surface area contributed by atoms with Gasteiger partial charge >= 0.3 is 5.97 Å². The van der Waals surface area contributed by atoms with Crippen LogP contribution in [0, 0.1) is 17.3 Å². The van der Waals surface area contributed by atoms with Gasteiger partial charge in [-0.25, -0.2) is 0 Å². The molecule has 0 aromatic heterocycles. The summed E-state index contributed by atoms with van der Waals surface area (Å²) in [6.45, 7) is 8.19. The third-order valence-corrected chi connectivity index (χ3v) is 3.16. The number of hydrogen-bond donors (Lipinski definition) is 1. The zero-order valence-electron chi connectivity index (χ0n) is 9.59. The van der Waals surface area contributed by atoms with E-state index in [9.17, 15) is 4.79 Å². The Morgan fingerprint density at radius 2 is 2.21 bits per heavy atom. The molecule has 0 aliphatic heterocycles. The molecule has 0 heterocycles. The largest absolute Gasteiger partial charge is 0.469 e. The minimum absolute atomic E-state index is 0.0399. The lowest BCUT2D eigenvalue weighted by molar-refractivity contribution is -0.144. The lowest BCUT2D eigenvalue weighted by Crippen LogP contribution is -2.29. The highest BCUT2D eigenvalue weighted by molar-refractivity contribution is 5.71. The monoisotopic (exact) mass is 199 g/mol. The lowest BCUT2D eigenvalue weighted by atomic mass is 10.1. The van der Waals surface area contributed by atoms with Crippen LogP contribution < -0.4 is 5.32 Å². The predicted molar refractivity (Wildman–Crippen MR) is 55.9 cm³/mol. The van der Waals surface area contributed by atoms with Gasteiger partial charge in [0.15, 0.2) is 0 Å². The number of carbonyl (C=O) groups excluding carboxylic acids is 1. The molecule has 3 nitrogen and oxygen atoms in total. The standard InChI is InChI=1S/C11H21NO2/c1-8(10(13)14-4)6-12-7-9-5-11(9,2)3/h8-9,12H,5-7H2,1-4H3. The van der Waals surface area contributed by atoms with Crippen molar-refractivity contribution < 1.29 is 9.53 Å². The molecule has 14 heavy (non-hydrogen) atoms. The second kappa shape index (κ2) is 4.30. The first-order valence-corrected chi connectivity index (χ1v) is 5.26. The molecule has 0 aromatic carbocycles. The maximum Gasteiger partial charge on any atom is 0.309 e. The zero-order valence-corrected chi connectivity index (χ0v) is 9.59. The van der Waals surface area contributed by atoms with Gasteiger partial charge in [-0.15, -0.1) is 0 Å². The summed E-state index contributed by atoms with van der Waals surface area (Å²) < 4.78 is 4.65. The minimum atomic E-state index is -0.132. The SMILES string of the molecule is COC(=O)C(C)CNCC1CC1(C)C. The Labute approximate surface area is 86.2 Å². The van der Waals surface area contributed by atoms with E-state index in [0.29, 0.717) is 5.41 Å². The van der Waals surface area contributed by atoms with Crippen molar-refractivity contribution in [2.24, 2.45) is 17.3 Å². The van der Waals surface area contributed by atoms with Crippen molar-refractivity contribution in [3.8, 4) is 0 Å². The van der Waals surface area contributed by atoms with Crippen LogP contribution in [0.1, 0.15) is 27.2 Å². The van der Waals surface area contributed by atoms with Crippen LogP contribution in [0.3, 0.4) is 0 Å². The molecule has 2 atom stereocenters. The first-order chi connectivity index (χ1) is 6.47. The highest BCUT2D eigenvalue weighted by atomic mass is 16.5. The number of nitrogens with one attached hydrogen (secondary N) is 1. The van der Waals surface area contributed by atoms with Gasteiger partial charge < -0.3 is 10.1 Å². The van der Waals surface area contributed by atoms with Crippen LogP contribution >= 0.6 is 0 Å². The highest BCUT2D eigenvalue weighted by Crippen LogP contribution is 2.50. The Hall–Kier alpha value is -0.570. The van der Waals surface area contributed by atoms with Gasteiger partial charge in [0.1, 0.15) is 0 Å². The number of methoxy groups -OCH3 is 1. The van der Waals surface area contributed by atoms with E-state index in [-0.39, 0.29) is 11.9 Å². The molecule has 0 saturated heterocycles. The molecule has 0 radical (unpaired) electrons. The molecule has 1 rings (SSSR count). The van der Waals surface area contributed by atoms with Crippen LogP contribution in [0.2, 0.25) is 0 Å². The summed E-state index contributed by atoms with van der Waals surface area (Å²) in [5.74, 6) is 0.613. The van der Waals surface area contributed by atoms with Gasteiger partial charge in [0.25, 0.3) is 0 Å². The number of ether oxygens (including phenoxy) is 1. The first-order valence-electron chi connectivity index (χ1n) is 5.26. The molecule has 1 N–H and O–H groups in total. The maximum atomic E-state index is 11.1. The molecule has 0 spiro atoms. The van der Waals surface area contributed by atoms with E-state index in [1.54, 1.807) is 0 Å². The molecule has 1 aliphatic carbocycles. The van der Waals surface area contributed by atoms with Crippen LogP contribution in [-0.2, 0) is 9.53 Å². The van der Waals surface area contributed by atoms with Gasteiger partial charge in [0.05, 0.1) is 13.0 Å². The molecular weight excluding hydrogens is 178 g/mol. The van der Waals surface area contributed by atoms with Crippen molar-refractivity contribution in [2.75, 3.05) is 20.2 Å².